The van der Waals surface area contributed by atoms with Crippen molar-refractivity contribution in [2.24, 2.45) is 5.41 Å². The number of nitrogens with zero attached hydrogens (tertiary/aromatic N) is 3. The Kier molecular flexibility index (Phi) is 7.16. The number of fused-ring (bicyclic) bond motifs is 3. The van der Waals surface area contributed by atoms with Gasteiger partial charge in [-0.05, 0) is 97.0 Å². The van der Waals surface area contributed by atoms with E-state index in [9.17, 15) is 23.1 Å². The van der Waals surface area contributed by atoms with Crippen LogP contribution >= 0.6 is 0 Å². The van der Waals surface area contributed by atoms with Crippen LogP contribution < -0.4 is 11.1 Å². The average Bonchev–Trinajstić information content (AvgIpc) is 3.37. The number of halogens is 3. The molecule has 2 unspecified atom stereocenters. The van der Waals surface area contributed by atoms with Crippen molar-refractivity contribution in [2.45, 2.75) is 78.6 Å². The highest BCUT2D eigenvalue weighted by molar-refractivity contribution is 5.96. The van der Waals surface area contributed by atoms with E-state index in [-0.39, 0.29) is 17.1 Å². The summed E-state index contributed by atoms with van der Waals surface area (Å²) in [6, 6.07) is 4.96. The van der Waals surface area contributed by atoms with Crippen molar-refractivity contribution in [2.75, 3.05) is 17.6 Å². The molecule has 3 aromatic rings. The Balaban J connectivity index is 1.60. The molecule has 41 heavy (non-hydrogen) atoms. The third-order valence-electron chi connectivity index (χ3n) is 8.25. The number of benzene rings is 2. The molecule has 1 amide bonds. The van der Waals surface area contributed by atoms with Gasteiger partial charge in [0.2, 0.25) is 0 Å². The van der Waals surface area contributed by atoms with Crippen molar-refractivity contribution in [3.05, 3.63) is 64.0 Å². The number of nitrogen functional groups attached to an aromatic ring is 1. The van der Waals surface area contributed by atoms with Gasteiger partial charge in [-0.25, -0.2) is 14.8 Å². The Morgan fingerprint density at radius 3 is 2.49 bits per heavy atom. The largest absolute Gasteiger partial charge is 0.465 e. The lowest BCUT2D eigenvalue weighted by molar-refractivity contribution is -0.137. The highest BCUT2D eigenvalue weighted by Crippen LogP contribution is 2.42. The second kappa shape index (κ2) is 10.2. The van der Waals surface area contributed by atoms with E-state index in [4.69, 9.17) is 10.7 Å². The molecule has 218 valence electrons. The topological polar surface area (TPSA) is 104 Å². The number of amides is 1. The minimum atomic E-state index is -4.51. The summed E-state index contributed by atoms with van der Waals surface area (Å²) in [6.07, 6.45) is -0.0749. The molecule has 0 radical (unpaired) electrons. The maximum Gasteiger partial charge on any atom is 0.416 e. The number of nitrogens with one attached hydrogen (secondary N) is 1. The van der Waals surface area contributed by atoms with Crippen LogP contribution in [0.5, 0.6) is 0 Å². The van der Waals surface area contributed by atoms with Crippen LogP contribution in [0.1, 0.15) is 80.2 Å². The molecule has 2 heterocycles. The first kappa shape index (κ1) is 28.7. The number of carbonyl (C=O) groups is 1. The van der Waals surface area contributed by atoms with Gasteiger partial charge in [0.05, 0.1) is 17.1 Å². The quantitative estimate of drug-likeness (QED) is 0.284. The highest BCUT2D eigenvalue weighted by Gasteiger charge is 2.37. The summed E-state index contributed by atoms with van der Waals surface area (Å²) in [5.41, 5.74) is 10.7. The van der Waals surface area contributed by atoms with E-state index >= 15 is 0 Å². The molecule has 0 spiro atoms. The predicted octanol–water partition coefficient (Wildman–Crippen LogP) is 7.38. The summed E-state index contributed by atoms with van der Waals surface area (Å²) >= 11 is 0. The van der Waals surface area contributed by atoms with Crippen molar-refractivity contribution in [3.63, 3.8) is 0 Å². The fraction of sp³-hybridized carbons (Fsp3) is 0.452. The van der Waals surface area contributed by atoms with Crippen LogP contribution in [-0.2, 0) is 19.0 Å². The Morgan fingerprint density at radius 1 is 1.12 bits per heavy atom. The third-order valence-corrected chi connectivity index (χ3v) is 8.25. The number of rotatable bonds is 4. The number of anilines is 2. The fourth-order valence-electron chi connectivity index (χ4n) is 6.20. The standard InChI is InChI=1S/C31H36F3N5O2/c1-16(19-11-20(31(32,33)34)14-21(35)12-19)36-28-25-15-24(22-7-6-8-23(22)27(25)37-17(2)38-28)18-9-10-39(29(40)41)26(13-18)30(3,4)5/h9,11-12,14-16,26H,6-8,10,13,35H2,1-5H3,(H,40,41)(H,36,37,38). The van der Waals surface area contributed by atoms with E-state index in [1.807, 2.05) is 13.0 Å². The van der Waals surface area contributed by atoms with Gasteiger partial charge in [0.1, 0.15) is 11.6 Å². The molecule has 2 atom stereocenters. The van der Waals surface area contributed by atoms with Crippen LogP contribution in [0.15, 0.2) is 30.3 Å². The fourth-order valence-corrected chi connectivity index (χ4v) is 6.20. The van der Waals surface area contributed by atoms with Crippen molar-refractivity contribution in [1.82, 2.24) is 14.9 Å². The summed E-state index contributed by atoms with van der Waals surface area (Å²) in [5.74, 6) is 1.11. The smallest absolute Gasteiger partial charge is 0.416 e. The lowest BCUT2D eigenvalue weighted by atomic mass is 9.78. The Bertz CT molecular complexity index is 1560. The number of aryl methyl sites for hydroxylation is 2. The number of hydrogen-bond donors (Lipinski definition) is 3. The van der Waals surface area contributed by atoms with Gasteiger partial charge in [-0.1, -0.05) is 26.8 Å². The Morgan fingerprint density at radius 2 is 1.83 bits per heavy atom. The molecule has 1 aliphatic heterocycles. The van der Waals surface area contributed by atoms with Crippen LogP contribution in [0.4, 0.5) is 29.5 Å². The molecule has 0 saturated carbocycles. The monoisotopic (exact) mass is 567 g/mol. The highest BCUT2D eigenvalue weighted by atomic mass is 19.4. The van der Waals surface area contributed by atoms with E-state index in [2.05, 4.69) is 37.1 Å². The molecule has 0 saturated heterocycles. The van der Waals surface area contributed by atoms with E-state index in [0.29, 0.717) is 30.2 Å². The second-order valence-corrected chi connectivity index (χ2v) is 12.3. The second-order valence-electron chi connectivity index (χ2n) is 12.3. The molecule has 7 nitrogen and oxygen atoms in total. The van der Waals surface area contributed by atoms with Gasteiger partial charge in [0, 0.05) is 23.7 Å². The van der Waals surface area contributed by atoms with Gasteiger partial charge in [-0.3, -0.25) is 0 Å². The molecule has 1 aromatic heterocycles. The Labute approximate surface area is 237 Å². The normalized spacial score (nSPS) is 18.3. The molecule has 0 bridgehead atoms. The van der Waals surface area contributed by atoms with Crippen LogP contribution in [0.3, 0.4) is 0 Å². The molecule has 2 aliphatic rings. The first-order valence-corrected chi connectivity index (χ1v) is 13.9. The van der Waals surface area contributed by atoms with E-state index in [0.717, 1.165) is 59.0 Å². The first-order valence-electron chi connectivity index (χ1n) is 13.9. The summed E-state index contributed by atoms with van der Waals surface area (Å²) < 4.78 is 40.4. The lowest BCUT2D eigenvalue weighted by Crippen LogP contribution is -2.48. The zero-order valence-corrected chi connectivity index (χ0v) is 24.0. The molecule has 4 N–H and O–H groups in total. The van der Waals surface area contributed by atoms with E-state index in [1.165, 1.54) is 10.5 Å². The zero-order valence-electron chi connectivity index (χ0n) is 24.0. The summed E-state index contributed by atoms with van der Waals surface area (Å²) in [4.78, 5) is 23.0. The maximum absolute atomic E-state index is 13.5. The molecule has 0 fully saturated rings. The maximum atomic E-state index is 13.5. The van der Waals surface area contributed by atoms with Crippen molar-refractivity contribution in [3.8, 4) is 0 Å². The minimum Gasteiger partial charge on any atom is -0.465 e. The number of alkyl halides is 3. The van der Waals surface area contributed by atoms with Gasteiger partial charge >= 0.3 is 12.3 Å². The average molecular weight is 568 g/mol. The van der Waals surface area contributed by atoms with Gasteiger partial charge in [0.25, 0.3) is 0 Å². The number of aromatic nitrogens is 2. The molecule has 2 aromatic carbocycles. The molecule has 1 aliphatic carbocycles. The van der Waals surface area contributed by atoms with E-state index < -0.39 is 23.9 Å². The molecular weight excluding hydrogens is 531 g/mol. The third kappa shape index (κ3) is 5.56. The SMILES string of the molecule is Cc1nc(NC(C)c2cc(N)cc(C(F)(F)F)c2)c2cc(C3=CCN(C(=O)O)C(C(C)(C)C)C3)c3c(c2n1)CCC3. The zero-order chi connectivity index (χ0) is 29.9. The van der Waals surface area contributed by atoms with Gasteiger partial charge in [0.15, 0.2) is 0 Å². The molecular formula is C31H36F3N5O2. The first-order chi connectivity index (χ1) is 19.1. The summed E-state index contributed by atoms with van der Waals surface area (Å²) in [7, 11) is 0. The summed E-state index contributed by atoms with van der Waals surface area (Å²) in [6.45, 7) is 10.1. The molecule has 5 rings (SSSR count). The van der Waals surface area contributed by atoms with Crippen LogP contribution in [-0.4, -0.2) is 38.7 Å². The van der Waals surface area contributed by atoms with Crippen LogP contribution in [0, 0.1) is 12.3 Å². The van der Waals surface area contributed by atoms with Crippen LogP contribution in [0.25, 0.3) is 16.5 Å². The number of carboxylic acid groups (broad SMARTS) is 1. The van der Waals surface area contributed by atoms with Crippen LogP contribution in [0.2, 0.25) is 0 Å². The predicted molar refractivity (Wildman–Crippen MR) is 155 cm³/mol. The minimum absolute atomic E-state index is 0.0420. The number of hydrogen-bond acceptors (Lipinski definition) is 5. The molecule has 10 heteroatoms. The van der Waals surface area contributed by atoms with Crippen molar-refractivity contribution in [1.29, 1.82) is 0 Å². The lowest BCUT2D eigenvalue weighted by Gasteiger charge is -2.41. The Hall–Kier alpha value is -3.82. The number of nitrogens with two attached hydrogens (primary N) is 1. The van der Waals surface area contributed by atoms with Gasteiger partial charge < -0.3 is 21.1 Å². The van der Waals surface area contributed by atoms with Gasteiger partial charge in [-0.2, -0.15) is 13.2 Å². The van der Waals surface area contributed by atoms with E-state index in [1.54, 1.807) is 13.0 Å². The van der Waals surface area contributed by atoms with Crippen molar-refractivity contribution < 1.29 is 23.1 Å². The van der Waals surface area contributed by atoms with Crippen molar-refractivity contribution >= 4 is 34.1 Å². The summed E-state index contributed by atoms with van der Waals surface area (Å²) in [5, 5.41) is 14.0. The van der Waals surface area contributed by atoms with Gasteiger partial charge in [-0.15, -0.1) is 0 Å².